The zero-order valence-electron chi connectivity index (χ0n) is 46.5. The first kappa shape index (κ1) is 64.3. The van der Waals surface area contributed by atoms with Gasteiger partial charge in [0, 0.05) is 65.1 Å². The lowest BCUT2D eigenvalue weighted by Gasteiger charge is -2.42. The highest BCUT2D eigenvalue weighted by molar-refractivity contribution is 7.53. The molecule has 3 aliphatic heterocycles. The smallest absolute Gasteiger partial charge is 0.329 e. The summed E-state index contributed by atoms with van der Waals surface area (Å²) in [6, 6.07) is -1.19. The molecule has 16 atom stereocenters. The number of allylic oxidation sites excluding steroid dienone is 6. The van der Waals surface area contributed by atoms with Crippen molar-refractivity contribution in [2.24, 2.45) is 35.5 Å². The molecule has 3 N–H and O–H groups in total. The largest absolute Gasteiger partial charge is 0.460 e. The van der Waals surface area contributed by atoms with Gasteiger partial charge in [0.1, 0.15) is 30.1 Å². The third-order valence-corrected chi connectivity index (χ3v) is 16.9. The van der Waals surface area contributed by atoms with Gasteiger partial charge in [-0.1, -0.05) is 71.1 Å². The number of ketones is 3. The molecule has 1 saturated carbocycles. The van der Waals surface area contributed by atoms with Crippen LogP contribution >= 0.6 is 7.60 Å². The van der Waals surface area contributed by atoms with Crippen LogP contribution in [0.15, 0.2) is 47.6 Å². The number of carbonyl (C=O) groups excluding carboxylic acids is 5. The quantitative estimate of drug-likeness (QED) is 0.0519. The Hall–Kier alpha value is -3.26. The molecule has 0 spiro atoms. The number of carbonyl (C=O) groups is 5. The van der Waals surface area contributed by atoms with Gasteiger partial charge in [0.15, 0.2) is 5.78 Å². The zero-order chi connectivity index (χ0) is 55.6. The maximum absolute atomic E-state index is 14.6. The molecule has 75 heavy (non-hydrogen) atoms. The fraction of sp³-hybridized carbons (Fsp3) is 0.768. The first-order chi connectivity index (χ1) is 35.5. The second kappa shape index (κ2) is 30.8. The Labute approximate surface area is 445 Å². The molecule has 4 aliphatic rings. The van der Waals surface area contributed by atoms with Gasteiger partial charge in [0.05, 0.1) is 50.8 Å². The standard InChI is InChI=1S/C56H90NO17P/c1-35-17-13-12-14-18-36(2)47(67-8)33-43-22-20-41(7)56(65,73-43)53(62)54(63)57-24-16-15-19-44(57)55(64)72-48(34-45(59)37(3)30-40(6)51(61)52(69-10)50(60)39(5)29-35)38(4)31-42-21-23-46(49(32-42)68-9)74-75(11,66)71-28-27-70-26-25-58/h12-14,17-18,30,35,37-39,41-44,46-49,51-52,58,61,65H,15-16,19-29,31-34H2,1-11H3/t35-,37-,38-,39-,41-,42?,43+,44?,46-,47+,48?,49-,51-,52+,56-,75?/m1/s1. The molecular weight excluding hydrogens is 990 g/mol. The number of nitrogens with zero attached hydrogens (tertiary/aromatic N) is 1. The number of fused-ring (bicyclic) bond motifs is 3. The monoisotopic (exact) mass is 1080 g/mol. The van der Waals surface area contributed by atoms with Crippen molar-refractivity contribution >= 4 is 36.8 Å². The summed E-state index contributed by atoms with van der Waals surface area (Å²) >= 11 is 0. The average molecular weight is 1080 g/mol. The minimum Gasteiger partial charge on any atom is -0.460 e. The van der Waals surface area contributed by atoms with Crippen molar-refractivity contribution in [3.63, 3.8) is 0 Å². The van der Waals surface area contributed by atoms with Crippen LogP contribution in [0.3, 0.4) is 0 Å². The molecule has 18 nitrogen and oxygen atoms in total. The van der Waals surface area contributed by atoms with Gasteiger partial charge in [0.2, 0.25) is 5.79 Å². The Kier molecular flexibility index (Phi) is 26.4. The normalized spacial score (nSPS) is 35.3. The number of piperidine rings is 1. The van der Waals surface area contributed by atoms with Crippen LogP contribution in [0.1, 0.15) is 126 Å². The van der Waals surface area contributed by atoms with E-state index in [9.17, 15) is 38.8 Å². The van der Waals surface area contributed by atoms with Crippen molar-refractivity contribution in [3.8, 4) is 0 Å². The maximum atomic E-state index is 14.6. The van der Waals surface area contributed by atoms with Crippen LogP contribution in [0.25, 0.3) is 0 Å². The van der Waals surface area contributed by atoms with E-state index in [2.05, 4.69) is 0 Å². The van der Waals surface area contributed by atoms with Crippen molar-refractivity contribution in [2.75, 3.05) is 61.0 Å². The van der Waals surface area contributed by atoms with Crippen molar-refractivity contribution in [1.82, 2.24) is 4.90 Å². The highest BCUT2D eigenvalue weighted by Gasteiger charge is 2.53. The Morgan fingerprint density at radius 3 is 2.27 bits per heavy atom. The summed E-state index contributed by atoms with van der Waals surface area (Å²) in [5.41, 5.74) is 1.22. The number of esters is 1. The predicted octanol–water partition coefficient (Wildman–Crippen LogP) is 7.05. The third-order valence-electron chi connectivity index (χ3n) is 15.6. The fourth-order valence-corrected chi connectivity index (χ4v) is 12.1. The molecule has 0 aromatic heterocycles. The van der Waals surface area contributed by atoms with Crippen molar-refractivity contribution in [2.45, 2.75) is 180 Å². The van der Waals surface area contributed by atoms with Gasteiger partial charge in [-0.05, 0) is 107 Å². The highest BCUT2D eigenvalue weighted by Crippen LogP contribution is 2.48. The Morgan fingerprint density at radius 2 is 1.59 bits per heavy atom. The fourth-order valence-electron chi connectivity index (χ4n) is 10.9. The topological polar surface area (TPSA) is 240 Å². The van der Waals surface area contributed by atoms with E-state index in [1.807, 2.05) is 51.2 Å². The summed E-state index contributed by atoms with van der Waals surface area (Å²) in [5, 5.41) is 32.5. The molecule has 0 radical (unpaired) electrons. The summed E-state index contributed by atoms with van der Waals surface area (Å²) in [6.45, 7) is 14.1. The molecular formula is C56H90NO17P. The molecule has 1 aliphatic carbocycles. The van der Waals surface area contributed by atoms with Gasteiger partial charge in [-0.3, -0.25) is 23.7 Å². The van der Waals surface area contributed by atoms with E-state index in [0.717, 1.165) is 5.57 Å². The zero-order valence-corrected chi connectivity index (χ0v) is 47.4. The van der Waals surface area contributed by atoms with Crippen LogP contribution in [0.2, 0.25) is 0 Å². The van der Waals surface area contributed by atoms with Crippen LogP contribution in [0, 0.1) is 35.5 Å². The lowest BCUT2D eigenvalue weighted by molar-refractivity contribution is -0.265. The molecule has 426 valence electrons. The van der Waals surface area contributed by atoms with E-state index in [0.29, 0.717) is 69.8 Å². The Balaban J connectivity index is 1.66. The molecule has 3 fully saturated rings. The minimum absolute atomic E-state index is 0.000234. The van der Waals surface area contributed by atoms with Gasteiger partial charge in [-0.25, -0.2) is 4.79 Å². The maximum Gasteiger partial charge on any atom is 0.329 e. The van der Waals surface area contributed by atoms with Gasteiger partial charge in [0.25, 0.3) is 11.7 Å². The van der Waals surface area contributed by atoms with Crippen LogP contribution in [-0.2, 0) is 66.0 Å². The van der Waals surface area contributed by atoms with Crippen LogP contribution < -0.4 is 0 Å². The molecule has 3 heterocycles. The van der Waals surface area contributed by atoms with Crippen LogP contribution in [0.5, 0.6) is 0 Å². The first-order valence-corrected chi connectivity index (χ1v) is 29.1. The third kappa shape index (κ3) is 18.7. The second-order valence-electron chi connectivity index (χ2n) is 21.6. The number of aliphatic hydroxyl groups is 3. The number of ether oxygens (including phenoxy) is 6. The second-order valence-corrected chi connectivity index (χ2v) is 23.6. The van der Waals surface area contributed by atoms with Crippen LogP contribution in [0.4, 0.5) is 0 Å². The van der Waals surface area contributed by atoms with E-state index in [1.54, 1.807) is 48.0 Å². The van der Waals surface area contributed by atoms with E-state index in [-0.39, 0.29) is 69.2 Å². The number of methoxy groups -OCH3 is 3. The van der Waals surface area contributed by atoms with E-state index < -0.39 is 103 Å². The van der Waals surface area contributed by atoms with Gasteiger partial charge < -0.3 is 57.7 Å². The van der Waals surface area contributed by atoms with E-state index in [1.165, 1.54) is 18.7 Å². The van der Waals surface area contributed by atoms with E-state index in [4.69, 9.17) is 42.6 Å². The molecule has 4 rings (SSSR count). The van der Waals surface area contributed by atoms with E-state index >= 15 is 0 Å². The number of aliphatic hydroxyl groups excluding tert-OH is 2. The lowest BCUT2D eigenvalue weighted by atomic mass is 9.78. The lowest BCUT2D eigenvalue weighted by Crippen LogP contribution is -2.61. The number of rotatable bonds is 14. The van der Waals surface area contributed by atoms with Crippen molar-refractivity contribution < 1.29 is 81.3 Å². The van der Waals surface area contributed by atoms with Gasteiger partial charge in [-0.15, -0.1) is 0 Å². The summed E-state index contributed by atoms with van der Waals surface area (Å²) in [7, 11) is 0.977. The number of Topliss-reactive ketones (excluding diaryl/α,β-unsaturated/α-hetero) is 3. The van der Waals surface area contributed by atoms with Crippen molar-refractivity contribution in [1.29, 1.82) is 0 Å². The number of hydrogen-bond donors (Lipinski definition) is 3. The highest BCUT2D eigenvalue weighted by atomic mass is 31.2. The molecule has 2 bridgehead atoms. The number of amides is 1. The Morgan fingerprint density at radius 1 is 0.853 bits per heavy atom. The summed E-state index contributed by atoms with van der Waals surface area (Å²) in [4.78, 5) is 72.6. The molecule has 2 saturated heterocycles. The number of hydrogen-bond acceptors (Lipinski definition) is 17. The predicted molar refractivity (Wildman–Crippen MR) is 281 cm³/mol. The van der Waals surface area contributed by atoms with Gasteiger partial charge in [-0.2, -0.15) is 0 Å². The number of cyclic esters (lactones) is 1. The SMILES string of the molecule is CO[C@H]1C[C@@H]2CC[C@@H](C)[C@@](O)(O2)C(=O)C(=O)N2CCCCC2C(=O)OC([C@H](C)CC2CC[C@@H](OP(C)(=O)OCCOCCO)[C@H](OC)C2)CC(=O)[C@H](C)C=C(C)[C@@H](O)[C@@H](OC)C(=O)[C@H](C)C[C@H](C)C=CC=CC=C1C. The molecule has 19 heteroatoms. The molecule has 4 unspecified atom stereocenters. The average Bonchev–Trinajstić information content (AvgIpc) is 3.37. The van der Waals surface area contributed by atoms with Crippen molar-refractivity contribution in [3.05, 3.63) is 47.6 Å². The summed E-state index contributed by atoms with van der Waals surface area (Å²) in [5.74, 6) is -8.47. The molecule has 0 aromatic carbocycles. The summed E-state index contributed by atoms with van der Waals surface area (Å²) < 4.78 is 59.8. The first-order valence-electron chi connectivity index (χ1n) is 27.1. The Bertz CT molecular complexity index is 2060. The molecule has 0 aromatic rings. The van der Waals surface area contributed by atoms with Gasteiger partial charge >= 0.3 is 13.6 Å². The molecule has 1 amide bonds. The van der Waals surface area contributed by atoms with Crippen LogP contribution in [-0.4, -0.2) is 165 Å². The summed E-state index contributed by atoms with van der Waals surface area (Å²) in [6.07, 6.45) is 10.3. The minimum atomic E-state index is -3.51.